The Kier molecular flexibility index (Phi) is 6.70. The van der Waals surface area contributed by atoms with Gasteiger partial charge in [-0.2, -0.15) is 9.97 Å². The quantitative estimate of drug-likeness (QED) is 0.216. The number of fused-ring (bicyclic) bond motifs is 1. The fraction of sp³-hybridized carbons (Fsp3) is 0.412. The molecule has 4 rings (SSSR count). The SMILES string of the molecule is O=P(O)(O)COC[C@H]1O[C@@H](n2cnc3c(NCc4ccncc4)nc(Cl)nc32)[C@H](O)[C@@H]1O. The number of aliphatic hydroxyl groups excluding tert-OH is 2. The van der Waals surface area contributed by atoms with Crippen LogP contribution in [0.5, 0.6) is 0 Å². The number of aliphatic hydroxyl groups is 2. The molecule has 1 saturated heterocycles. The van der Waals surface area contributed by atoms with Crippen molar-refractivity contribution in [1.82, 2.24) is 24.5 Å². The molecule has 3 aromatic heterocycles. The molecule has 0 unspecified atom stereocenters. The largest absolute Gasteiger partial charge is 0.387 e. The normalized spacial score (nSPS) is 23.7. The van der Waals surface area contributed by atoms with E-state index in [1.165, 1.54) is 10.9 Å². The zero-order valence-electron chi connectivity index (χ0n) is 16.4. The van der Waals surface area contributed by atoms with Crippen LogP contribution in [0.4, 0.5) is 5.82 Å². The van der Waals surface area contributed by atoms with Crippen LogP contribution in [0.3, 0.4) is 0 Å². The topological polar surface area (TPSA) is 185 Å². The summed E-state index contributed by atoms with van der Waals surface area (Å²) in [5.74, 6) is 0.366. The van der Waals surface area contributed by atoms with Crippen molar-refractivity contribution in [2.45, 2.75) is 31.1 Å². The Balaban J connectivity index is 1.54. The lowest BCUT2D eigenvalue weighted by Gasteiger charge is -2.17. The van der Waals surface area contributed by atoms with Gasteiger partial charge < -0.3 is 34.8 Å². The molecular formula is C17H20ClN6O7P. The molecule has 4 atom stereocenters. The van der Waals surface area contributed by atoms with Crippen LogP contribution in [0.25, 0.3) is 11.2 Å². The summed E-state index contributed by atoms with van der Waals surface area (Å²) in [6.07, 6.45) is -0.986. The van der Waals surface area contributed by atoms with Crippen LogP contribution in [0, 0.1) is 0 Å². The molecule has 0 spiro atoms. The maximum absolute atomic E-state index is 10.9. The average molecular weight is 487 g/mol. The molecule has 1 aliphatic rings. The Bertz CT molecular complexity index is 1130. The number of nitrogens with one attached hydrogen (secondary N) is 1. The van der Waals surface area contributed by atoms with Gasteiger partial charge in [0.05, 0.1) is 12.9 Å². The monoisotopic (exact) mass is 486 g/mol. The van der Waals surface area contributed by atoms with Gasteiger partial charge >= 0.3 is 7.60 Å². The van der Waals surface area contributed by atoms with Crippen molar-refractivity contribution in [3.05, 3.63) is 41.7 Å². The number of anilines is 1. The molecule has 13 nitrogen and oxygen atoms in total. The van der Waals surface area contributed by atoms with E-state index in [9.17, 15) is 14.8 Å². The number of pyridine rings is 1. The van der Waals surface area contributed by atoms with Crippen LogP contribution >= 0.6 is 19.2 Å². The second kappa shape index (κ2) is 9.33. The van der Waals surface area contributed by atoms with E-state index in [1.807, 2.05) is 12.1 Å². The van der Waals surface area contributed by atoms with E-state index in [1.54, 1.807) is 12.4 Å². The first kappa shape index (κ1) is 23.0. The number of rotatable bonds is 8. The predicted octanol–water partition coefficient (Wildman–Crippen LogP) is 0.258. The highest BCUT2D eigenvalue weighted by atomic mass is 35.5. The van der Waals surface area contributed by atoms with E-state index in [2.05, 4.69) is 25.3 Å². The van der Waals surface area contributed by atoms with Crippen LogP contribution in [-0.4, -0.2) is 75.8 Å². The lowest BCUT2D eigenvalue weighted by Crippen LogP contribution is -2.33. The average Bonchev–Trinajstić information content (AvgIpc) is 3.28. The van der Waals surface area contributed by atoms with E-state index < -0.39 is 38.5 Å². The van der Waals surface area contributed by atoms with Gasteiger partial charge in [0.1, 0.15) is 24.7 Å². The third kappa shape index (κ3) is 5.05. The van der Waals surface area contributed by atoms with Crippen LogP contribution in [0.15, 0.2) is 30.9 Å². The Morgan fingerprint density at radius 1 is 1.22 bits per heavy atom. The minimum absolute atomic E-state index is 0.0639. The van der Waals surface area contributed by atoms with Crippen LogP contribution in [0.1, 0.15) is 11.8 Å². The number of hydrogen-bond acceptors (Lipinski definition) is 10. The van der Waals surface area contributed by atoms with E-state index in [-0.39, 0.29) is 17.5 Å². The van der Waals surface area contributed by atoms with Gasteiger partial charge in [-0.1, -0.05) is 0 Å². The molecule has 3 aromatic rings. The molecule has 0 aromatic carbocycles. The third-order valence-corrected chi connectivity index (χ3v) is 5.44. The summed E-state index contributed by atoms with van der Waals surface area (Å²) < 4.78 is 22.9. The molecule has 1 aliphatic heterocycles. The Morgan fingerprint density at radius 2 is 1.97 bits per heavy atom. The van der Waals surface area contributed by atoms with Gasteiger partial charge in [-0.15, -0.1) is 0 Å². The smallest absolute Gasteiger partial charge is 0.350 e. The number of aromatic nitrogens is 5. The van der Waals surface area contributed by atoms with E-state index >= 15 is 0 Å². The number of nitrogens with zero attached hydrogens (tertiary/aromatic N) is 5. The maximum atomic E-state index is 10.9. The lowest BCUT2D eigenvalue weighted by molar-refractivity contribution is -0.0612. The predicted molar refractivity (Wildman–Crippen MR) is 111 cm³/mol. The summed E-state index contributed by atoms with van der Waals surface area (Å²) in [4.78, 5) is 34.4. The lowest BCUT2D eigenvalue weighted by atomic mass is 10.1. The first-order valence-electron chi connectivity index (χ1n) is 9.39. The molecule has 0 bridgehead atoms. The van der Waals surface area contributed by atoms with Gasteiger partial charge in [0.25, 0.3) is 0 Å². The molecule has 15 heteroatoms. The number of halogens is 1. The molecule has 0 radical (unpaired) electrons. The van der Waals surface area contributed by atoms with E-state index in [0.717, 1.165) is 5.56 Å². The zero-order valence-corrected chi connectivity index (χ0v) is 18.0. The molecule has 0 amide bonds. The summed E-state index contributed by atoms with van der Waals surface area (Å²) in [7, 11) is -4.37. The van der Waals surface area contributed by atoms with E-state index in [4.69, 9.17) is 30.9 Å². The van der Waals surface area contributed by atoms with Gasteiger partial charge in [0.2, 0.25) is 5.28 Å². The molecule has 32 heavy (non-hydrogen) atoms. The van der Waals surface area contributed by atoms with Crippen LogP contribution < -0.4 is 5.32 Å². The minimum Gasteiger partial charge on any atom is -0.387 e. The van der Waals surface area contributed by atoms with Gasteiger partial charge in [-0.25, -0.2) is 4.98 Å². The van der Waals surface area contributed by atoms with Crippen LogP contribution in [0.2, 0.25) is 5.28 Å². The number of imidazole rings is 1. The number of hydrogen-bond donors (Lipinski definition) is 5. The van der Waals surface area contributed by atoms with Crippen molar-refractivity contribution < 1.29 is 34.0 Å². The Labute approximate surface area is 186 Å². The first-order chi connectivity index (χ1) is 15.2. The van der Waals surface area contributed by atoms with Crippen molar-refractivity contribution >= 4 is 36.2 Å². The molecular weight excluding hydrogens is 467 g/mol. The van der Waals surface area contributed by atoms with Crippen molar-refractivity contribution in [3.8, 4) is 0 Å². The molecule has 5 N–H and O–H groups in total. The highest BCUT2D eigenvalue weighted by Gasteiger charge is 2.44. The highest BCUT2D eigenvalue weighted by Crippen LogP contribution is 2.36. The van der Waals surface area contributed by atoms with Gasteiger partial charge in [-0.3, -0.25) is 14.1 Å². The van der Waals surface area contributed by atoms with Crippen molar-refractivity contribution in [2.75, 3.05) is 18.3 Å². The second-order valence-electron chi connectivity index (χ2n) is 7.09. The standard InChI is InChI=1S/C17H20ClN6O7P/c18-17-22-14(20-5-9-1-3-19-4-2-9)11-15(23-17)24(7-21-11)16-13(26)12(25)10(31-16)6-30-8-32(27,28)29/h1-4,7,10,12-13,16,25-26H,5-6,8H2,(H,20,22,23)(H2,27,28,29)/t10-,12-,13-,16-/m1/s1. The number of ether oxygens (including phenoxy) is 2. The Hall–Kier alpha value is -2.22. The van der Waals surface area contributed by atoms with E-state index in [0.29, 0.717) is 17.9 Å². The van der Waals surface area contributed by atoms with Gasteiger partial charge in [0, 0.05) is 18.9 Å². The van der Waals surface area contributed by atoms with Crippen molar-refractivity contribution in [3.63, 3.8) is 0 Å². The van der Waals surface area contributed by atoms with Crippen LogP contribution in [-0.2, 0) is 20.6 Å². The first-order valence-corrected chi connectivity index (χ1v) is 11.6. The molecule has 4 heterocycles. The minimum atomic E-state index is -4.37. The molecule has 172 valence electrons. The second-order valence-corrected chi connectivity index (χ2v) is 9.01. The summed E-state index contributed by atoms with van der Waals surface area (Å²) in [5.41, 5.74) is 1.59. The van der Waals surface area contributed by atoms with Crippen molar-refractivity contribution in [1.29, 1.82) is 0 Å². The fourth-order valence-electron chi connectivity index (χ4n) is 3.27. The maximum Gasteiger partial charge on any atom is 0.350 e. The van der Waals surface area contributed by atoms with Crippen molar-refractivity contribution in [2.24, 2.45) is 0 Å². The van der Waals surface area contributed by atoms with Gasteiger partial charge in [0.15, 0.2) is 23.2 Å². The molecule has 0 saturated carbocycles. The summed E-state index contributed by atoms with van der Waals surface area (Å²) in [6.45, 7) is 0.0962. The highest BCUT2D eigenvalue weighted by molar-refractivity contribution is 7.51. The summed E-state index contributed by atoms with van der Waals surface area (Å²) >= 11 is 6.09. The molecule has 1 fully saturated rings. The fourth-order valence-corrected chi connectivity index (χ4v) is 3.78. The van der Waals surface area contributed by atoms with Gasteiger partial charge in [-0.05, 0) is 29.3 Å². The zero-order chi connectivity index (χ0) is 22.9. The Morgan fingerprint density at radius 3 is 2.69 bits per heavy atom. The molecule has 0 aliphatic carbocycles. The summed E-state index contributed by atoms with van der Waals surface area (Å²) in [6, 6.07) is 3.68. The summed E-state index contributed by atoms with van der Waals surface area (Å²) in [5, 5.41) is 23.8. The third-order valence-electron chi connectivity index (χ3n) is 4.76.